The zero-order chi connectivity index (χ0) is 14.7. The maximum Gasteiger partial charge on any atom is 0.126 e. The number of hydrogen-bond acceptors (Lipinski definition) is 2. The number of nitrogens with two attached hydrogens (primary N) is 1. The van der Waals surface area contributed by atoms with Gasteiger partial charge in [-0.3, -0.25) is 0 Å². The summed E-state index contributed by atoms with van der Waals surface area (Å²) in [6.07, 6.45) is 0. The maximum absolute atomic E-state index is 13.3. The summed E-state index contributed by atoms with van der Waals surface area (Å²) < 4.78 is 27.5. The van der Waals surface area contributed by atoms with Gasteiger partial charge in [0.25, 0.3) is 0 Å². The molecule has 2 aromatic rings. The molecule has 2 aromatic carbocycles. The minimum absolute atomic E-state index is 0.231. The third-order valence-electron chi connectivity index (χ3n) is 2.91. The van der Waals surface area contributed by atoms with Crippen LogP contribution < -0.4 is 11.1 Å². The molecule has 0 saturated carbocycles. The highest BCUT2D eigenvalue weighted by Crippen LogP contribution is 2.24. The van der Waals surface area contributed by atoms with Gasteiger partial charge in [-0.25, -0.2) is 8.78 Å². The summed E-state index contributed by atoms with van der Waals surface area (Å²) in [6, 6.07) is 8.89. The highest BCUT2D eigenvalue weighted by atomic mass is 79.9. The quantitative estimate of drug-likeness (QED) is 0.877. The van der Waals surface area contributed by atoms with Crippen molar-refractivity contribution in [3.63, 3.8) is 0 Å². The molecule has 0 saturated heterocycles. The molecule has 0 aromatic heterocycles. The summed E-state index contributed by atoms with van der Waals surface area (Å²) in [5, 5.41) is 3.19. The first kappa shape index (κ1) is 14.9. The molecule has 0 radical (unpaired) electrons. The molecule has 0 amide bonds. The molecule has 1 atom stereocenters. The Morgan fingerprint density at radius 2 is 1.75 bits per heavy atom. The van der Waals surface area contributed by atoms with E-state index in [4.69, 9.17) is 5.73 Å². The van der Waals surface area contributed by atoms with Crippen molar-refractivity contribution in [1.82, 2.24) is 0 Å². The molecule has 0 aliphatic carbocycles. The van der Waals surface area contributed by atoms with Crippen LogP contribution in [-0.2, 0) is 0 Å². The number of rotatable bonds is 4. The molecule has 5 heteroatoms. The van der Waals surface area contributed by atoms with Crippen molar-refractivity contribution in [2.24, 2.45) is 5.73 Å². The molecule has 0 heterocycles. The van der Waals surface area contributed by atoms with Gasteiger partial charge in [0, 0.05) is 22.8 Å². The Kier molecular flexibility index (Phi) is 4.73. The summed E-state index contributed by atoms with van der Waals surface area (Å²) in [5.74, 6) is -1.21. The van der Waals surface area contributed by atoms with E-state index in [-0.39, 0.29) is 12.6 Å². The van der Waals surface area contributed by atoms with Gasteiger partial charge in [0.1, 0.15) is 11.6 Å². The van der Waals surface area contributed by atoms with E-state index in [1.165, 1.54) is 12.1 Å². The topological polar surface area (TPSA) is 38.0 Å². The van der Waals surface area contributed by atoms with Gasteiger partial charge in [-0.15, -0.1) is 0 Å². The van der Waals surface area contributed by atoms with Crippen LogP contribution in [0, 0.1) is 18.6 Å². The number of halogens is 3. The molecular formula is C15H15BrF2N2. The number of aryl methyl sites for hydroxylation is 1. The van der Waals surface area contributed by atoms with Gasteiger partial charge in [0.2, 0.25) is 0 Å². The lowest BCUT2D eigenvalue weighted by Gasteiger charge is -2.19. The third kappa shape index (κ3) is 3.77. The fraction of sp³-hybridized carbons (Fsp3) is 0.200. The zero-order valence-electron chi connectivity index (χ0n) is 11.0. The molecule has 20 heavy (non-hydrogen) atoms. The maximum atomic E-state index is 13.3. The number of benzene rings is 2. The lowest BCUT2D eigenvalue weighted by Crippen LogP contribution is -2.21. The fourth-order valence-corrected chi connectivity index (χ4v) is 2.68. The Hall–Kier alpha value is -1.46. The summed E-state index contributed by atoms with van der Waals surface area (Å²) in [6.45, 7) is 2.20. The molecule has 1 unspecified atom stereocenters. The van der Waals surface area contributed by atoms with Gasteiger partial charge in [0.05, 0.1) is 6.04 Å². The molecule has 106 valence electrons. The summed E-state index contributed by atoms with van der Waals surface area (Å²) in [5.41, 5.74) is 8.12. The molecular weight excluding hydrogens is 326 g/mol. The SMILES string of the molecule is Cc1cc(Br)cc(NC(CN)c2cc(F)cc(F)c2)c1. The lowest BCUT2D eigenvalue weighted by molar-refractivity contribution is 0.576. The van der Waals surface area contributed by atoms with E-state index in [0.717, 1.165) is 21.8 Å². The van der Waals surface area contributed by atoms with Crippen molar-refractivity contribution in [2.75, 3.05) is 11.9 Å². The van der Waals surface area contributed by atoms with Gasteiger partial charge in [-0.2, -0.15) is 0 Å². The normalized spacial score (nSPS) is 12.2. The van der Waals surface area contributed by atoms with E-state index in [2.05, 4.69) is 21.2 Å². The second kappa shape index (κ2) is 6.33. The smallest absolute Gasteiger partial charge is 0.126 e. The van der Waals surface area contributed by atoms with Crippen LogP contribution in [0.2, 0.25) is 0 Å². The highest BCUT2D eigenvalue weighted by Gasteiger charge is 2.12. The van der Waals surface area contributed by atoms with Crippen molar-refractivity contribution in [3.05, 3.63) is 63.6 Å². The van der Waals surface area contributed by atoms with Crippen LogP contribution in [0.3, 0.4) is 0 Å². The van der Waals surface area contributed by atoms with Crippen LogP contribution in [-0.4, -0.2) is 6.54 Å². The molecule has 0 fully saturated rings. The molecule has 2 nitrogen and oxygen atoms in total. The predicted molar refractivity (Wildman–Crippen MR) is 80.7 cm³/mol. The Labute approximate surface area is 125 Å². The first-order valence-corrected chi connectivity index (χ1v) is 6.97. The Morgan fingerprint density at radius 3 is 2.30 bits per heavy atom. The van der Waals surface area contributed by atoms with Crippen molar-refractivity contribution in [1.29, 1.82) is 0 Å². The average Bonchev–Trinajstić information content (AvgIpc) is 2.33. The van der Waals surface area contributed by atoms with Crippen LogP contribution in [0.25, 0.3) is 0 Å². The average molecular weight is 341 g/mol. The van der Waals surface area contributed by atoms with Crippen LogP contribution in [0.5, 0.6) is 0 Å². The van der Waals surface area contributed by atoms with Crippen LogP contribution in [0.1, 0.15) is 17.2 Å². The second-order valence-electron chi connectivity index (χ2n) is 4.65. The Bertz CT molecular complexity index is 576. The van der Waals surface area contributed by atoms with E-state index in [0.29, 0.717) is 5.56 Å². The third-order valence-corrected chi connectivity index (χ3v) is 3.36. The largest absolute Gasteiger partial charge is 0.377 e. The minimum Gasteiger partial charge on any atom is -0.377 e. The summed E-state index contributed by atoms with van der Waals surface area (Å²) >= 11 is 3.41. The van der Waals surface area contributed by atoms with Crippen LogP contribution in [0.4, 0.5) is 14.5 Å². The molecule has 3 N–H and O–H groups in total. The first-order chi connectivity index (χ1) is 9.47. The van der Waals surface area contributed by atoms with E-state index in [1.807, 2.05) is 25.1 Å². The predicted octanol–water partition coefficient (Wildman–Crippen LogP) is 4.15. The van der Waals surface area contributed by atoms with Crippen molar-refractivity contribution in [3.8, 4) is 0 Å². The lowest BCUT2D eigenvalue weighted by atomic mass is 10.1. The van der Waals surface area contributed by atoms with Gasteiger partial charge in [0.15, 0.2) is 0 Å². The number of anilines is 1. The van der Waals surface area contributed by atoms with Gasteiger partial charge < -0.3 is 11.1 Å². The van der Waals surface area contributed by atoms with Crippen LogP contribution in [0.15, 0.2) is 40.9 Å². The van der Waals surface area contributed by atoms with E-state index in [9.17, 15) is 8.78 Å². The van der Waals surface area contributed by atoms with E-state index in [1.54, 1.807) is 0 Å². The zero-order valence-corrected chi connectivity index (χ0v) is 12.5. The summed E-state index contributed by atoms with van der Waals surface area (Å²) in [7, 11) is 0. The molecule has 0 aliphatic heterocycles. The highest BCUT2D eigenvalue weighted by molar-refractivity contribution is 9.10. The van der Waals surface area contributed by atoms with E-state index >= 15 is 0 Å². The molecule has 0 aliphatic rings. The molecule has 0 bridgehead atoms. The monoisotopic (exact) mass is 340 g/mol. The molecule has 0 spiro atoms. The Morgan fingerprint density at radius 1 is 1.10 bits per heavy atom. The van der Waals surface area contributed by atoms with Gasteiger partial charge in [-0.05, 0) is 48.4 Å². The second-order valence-corrected chi connectivity index (χ2v) is 5.57. The molecule has 2 rings (SSSR count). The summed E-state index contributed by atoms with van der Waals surface area (Å²) in [4.78, 5) is 0. The van der Waals surface area contributed by atoms with Crippen molar-refractivity contribution >= 4 is 21.6 Å². The standard InChI is InChI=1S/C15H15BrF2N2/c1-9-2-11(16)6-14(3-9)20-15(8-19)10-4-12(17)7-13(18)5-10/h2-7,15,20H,8,19H2,1H3. The minimum atomic E-state index is -0.606. The first-order valence-electron chi connectivity index (χ1n) is 6.17. The van der Waals surface area contributed by atoms with Crippen molar-refractivity contribution in [2.45, 2.75) is 13.0 Å². The van der Waals surface area contributed by atoms with Gasteiger partial charge >= 0.3 is 0 Å². The number of hydrogen-bond donors (Lipinski definition) is 2. The van der Waals surface area contributed by atoms with Crippen LogP contribution >= 0.6 is 15.9 Å². The van der Waals surface area contributed by atoms with E-state index < -0.39 is 11.6 Å². The fourth-order valence-electron chi connectivity index (χ4n) is 2.08. The number of nitrogens with one attached hydrogen (secondary N) is 1. The Balaban J connectivity index is 2.28. The van der Waals surface area contributed by atoms with Gasteiger partial charge in [-0.1, -0.05) is 15.9 Å². The van der Waals surface area contributed by atoms with Crippen molar-refractivity contribution < 1.29 is 8.78 Å².